The van der Waals surface area contributed by atoms with E-state index < -0.39 is 10.0 Å². The molecule has 0 atom stereocenters. The topological polar surface area (TPSA) is 114 Å². The van der Waals surface area contributed by atoms with E-state index in [0.717, 1.165) is 5.56 Å². The van der Waals surface area contributed by atoms with Crippen LogP contribution in [-0.4, -0.2) is 23.6 Å². The molecule has 0 saturated heterocycles. The lowest BCUT2D eigenvalue weighted by Crippen LogP contribution is -2.14. The van der Waals surface area contributed by atoms with E-state index in [1.165, 1.54) is 18.3 Å². The molecule has 8 heteroatoms. The number of nitrogen functional groups attached to an aromatic ring is 1. The van der Waals surface area contributed by atoms with Crippen molar-refractivity contribution in [1.29, 1.82) is 0 Å². The summed E-state index contributed by atoms with van der Waals surface area (Å²) < 4.78 is 26.5. The van der Waals surface area contributed by atoms with Gasteiger partial charge < -0.3 is 5.73 Å². The molecule has 0 bridgehead atoms. The normalized spacial score (nSPS) is 11.4. The summed E-state index contributed by atoms with van der Waals surface area (Å²) in [5.41, 5.74) is 6.20. The van der Waals surface area contributed by atoms with Gasteiger partial charge in [-0.1, -0.05) is 6.92 Å². The maximum Gasteiger partial charge on any atom is 0.264 e. The van der Waals surface area contributed by atoms with Crippen molar-refractivity contribution in [1.82, 2.24) is 15.2 Å². The smallest absolute Gasteiger partial charge is 0.264 e. The summed E-state index contributed by atoms with van der Waals surface area (Å²) in [6.45, 7) is 1.91. The van der Waals surface area contributed by atoms with E-state index in [0.29, 0.717) is 12.2 Å². The Bertz CT molecular complexity index is 633. The Morgan fingerprint density at radius 2 is 2.17 bits per heavy atom. The highest BCUT2D eigenvalue weighted by Crippen LogP contribution is 2.17. The van der Waals surface area contributed by atoms with Gasteiger partial charge in [-0.3, -0.25) is 9.82 Å². The van der Waals surface area contributed by atoms with Crippen molar-refractivity contribution >= 4 is 21.7 Å². The number of hydrogen-bond acceptors (Lipinski definition) is 5. The Hall–Kier alpha value is -2.09. The number of nitrogens with zero attached hydrogens (tertiary/aromatic N) is 2. The molecule has 2 rings (SSSR count). The number of rotatable bonds is 4. The molecule has 2 aromatic heterocycles. The van der Waals surface area contributed by atoms with E-state index >= 15 is 0 Å². The van der Waals surface area contributed by atoms with Crippen LogP contribution in [0.5, 0.6) is 0 Å². The van der Waals surface area contributed by atoms with Crippen LogP contribution >= 0.6 is 0 Å². The summed E-state index contributed by atoms with van der Waals surface area (Å²) in [5.74, 6) is 0.638. The highest BCUT2D eigenvalue weighted by molar-refractivity contribution is 7.92. The average molecular weight is 267 g/mol. The monoisotopic (exact) mass is 267 g/mol. The van der Waals surface area contributed by atoms with Crippen LogP contribution in [0.1, 0.15) is 12.5 Å². The zero-order chi connectivity index (χ0) is 13.2. The minimum Gasteiger partial charge on any atom is -0.384 e. The van der Waals surface area contributed by atoms with Gasteiger partial charge in [-0.15, -0.1) is 0 Å². The number of aromatic amines is 1. The average Bonchev–Trinajstić information content (AvgIpc) is 2.76. The van der Waals surface area contributed by atoms with E-state index in [1.54, 1.807) is 6.20 Å². The van der Waals surface area contributed by atoms with E-state index in [2.05, 4.69) is 19.9 Å². The second-order valence-electron chi connectivity index (χ2n) is 3.65. The SMILES string of the molecule is CCc1cn[nH]c1NS(=O)(=O)c1ccc(N)nc1. The summed E-state index contributed by atoms with van der Waals surface area (Å²) in [7, 11) is -3.67. The summed E-state index contributed by atoms with van der Waals surface area (Å²) >= 11 is 0. The first kappa shape index (κ1) is 12.4. The maximum absolute atomic E-state index is 12.0. The molecule has 7 nitrogen and oxygen atoms in total. The molecule has 0 unspecified atom stereocenters. The fraction of sp³-hybridized carbons (Fsp3) is 0.200. The van der Waals surface area contributed by atoms with Crippen molar-refractivity contribution in [3.63, 3.8) is 0 Å². The third-order valence-electron chi connectivity index (χ3n) is 2.40. The largest absolute Gasteiger partial charge is 0.384 e. The Balaban J connectivity index is 2.30. The van der Waals surface area contributed by atoms with Crippen molar-refractivity contribution in [3.8, 4) is 0 Å². The minimum absolute atomic E-state index is 0.0494. The standard InChI is InChI=1S/C10H13N5O2S/c1-2-7-5-13-14-10(7)15-18(16,17)8-3-4-9(11)12-6-8/h3-6H,2H2,1H3,(H2,11,12)(H2,13,14,15). The fourth-order valence-electron chi connectivity index (χ4n) is 1.41. The van der Waals surface area contributed by atoms with Crippen molar-refractivity contribution < 1.29 is 8.42 Å². The molecule has 0 amide bonds. The molecule has 0 spiro atoms. The number of nitrogens with two attached hydrogens (primary N) is 1. The zero-order valence-electron chi connectivity index (χ0n) is 9.71. The van der Waals surface area contributed by atoms with E-state index in [9.17, 15) is 8.42 Å². The first-order chi connectivity index (χ1) is 8.53. The van der Waals surface area contributed by atoms with Crippen LogP contribution in [0.3, 0.4) is 0 Å². The molecular formula is C10H13N5O2S. The van der Waals surface area contributed by atoms with E-state index in [4.69, 9.17) is 5.73 Å². The minimum atomic E-state index is -3.67. The summed E-state index contributed by atoms with van der Waals surface area (Å²) in [5, 5.41) is 6.41. The third-order valence-corrected chi connectivity index (χ3v) is 3.74. The highest BCUT2D eigenvalue weighted by Gasteiger charge is 2.17. The molecule has 2 heterocycles. The first-order valence-electron chi connectivity index (χ1n) is 5.29. The predicted octanol–water partition coefficient (Wildman–Crippen LogP) is 0.750. The Morgan fingerprint density at radius 1 is 1.39 bits per heavy atom. The van der Waals surface area contributed by atoms with Crippen molar-refractivity contribution in [3.05, 3.63) is 30.1 Å². The number of sulfonamides is 1. The molecule has 0 aliphatic rings. The van der Waals surface area contributed by atoms with Gasteiger partial charge in [-0.2, -0.15) is 5.10 Å². The van der Waals surface area contributed by atoms with Crippen LogP contribution in [0, 0.1) is 0 Å². The number of pyridine rings is 1. The molecular weight excluding hydrogens is 254 g/mol. The van der Waals surface area contributed by atoms with Gasteiger partial charge in [0.05, 0.1) is 6.20 Å². The second-order valence-corrected chi connectivity index (χ2v) is 5.33. The van der Waals surface area contributed by atoms with Crippen molar-refractivity contribution in [2.45, 2.75) is 18.2 Å². The Morgan fingerprint density at radius 3 is 2.78 bits per heavy atom. The molecule has 0 fully saturated rings. The van der Waals surface area contributed by atoms with Crippen molar-refractivity contribution in [2.24, 2.45) is 0 Å². The molecule has 2 aromatic rings. The Labute approximate surface area is 104 Å². The molecule has 96 valence electrons. The predicted molar refractivity (Wildman–Crippen MR) is 67.4 cm³/mol. The lowest BCUT2D eigenvalue weighted by atomic mass is 10.3. The second kappa shape index (κ2) is 4.65. The van der Waals surface area contributed by atoms with Gasteiger partial charge in [-0.05, 0) is 18.6 Å². The fourth-order valence-corrected chi connectivity index (χ4v) is 2.41. The van der Waals surface area contributed by atoms with E-state index in [1.807, 2.05) is 6.92 Å². The van der Waals surface area contributed by atoms with Gasteiger partial charge in [-0.25, -0.2) is 13.4 Å². The number of aryl methyl sites for hydroxylation is 1. The molecule has 18 heavy (non-hydrogen) atoms. The third kappa shape index (κ3) is 2.43. The molecule has 0 aliphatic carbocycles. The summed E-state index contributed by atoms with van der Waals surface area (Å²) in [4.78, 5) is 3.80. The van der Waals surface area contributed by atoms with E-state index in [-0.39, 0.29) is 10.7 Å². The lowest BCUT2D eigenvalue weighted by Gasteiger charge is -2.07. The molecule has 0 aromatic carbocycles. The van der Waals surface area contributed by atoms with Crippen LogP contribution in [-0.2, 0) is 16.4 Å². The molecule has 0 saturated carbocycles. The molecule has 4 N–H and O–H groups in total. The van der Waals surface area contributed by atoms with Gasteiger partial charge in [0, 0.05) is 11.8 Å². The summed E-state index contributed by atoms with van der Waals surface area (Å²) in [6.07, 6.45) is 3.47. The maximum atomic E-state index is 12.0. The number of aromatic nitrogens is 3. The van der Waals surface area contributed by atoms with Crippen LogP contribution in [0.4, 0.5) is 11.6 Å². The van der Waals surface area contributed by atoms with Gasteiger partial charge >= 0.3 is 0 Å². The number of nitrogens with one attached hydrogen (secondary N) is 2. The van der Waals surface area contributed by atoms with Crippen molar-refractivity contribution in [2.75, 3.05) is 10.5 Å². The number of anilines is 2. The molecule has 0 radical (unpaired) electrons. The first-order valence-corrected chi connectivity index (χ1v) is 6.78. The Kier molecular flexibility index (Phi) is 3.19. The quantitative estimate of drug-likeness (QED) is 0.756. The van der Waals surface area contributed by atoms with Crippen LogP contribution in [0.2, 0.25) is 0 Å². The van der Waals surface area contributed by atoms with Crippen LogP contribution < -0.4 is 10.5 Å². The zero-order valence-corrected chi connectivity index (χ0v) is 10.5. The number of hydrogen-bond donors (Lipinski definition) is 3. The summed E-state index contributed by atoms with van der Waals surface area (Å²) in [6, 6.07) is 2.83. The van der Waals surface area contributed by atoms with Gasteiger partial charge in [0.1, 0.15) is 16.5 Å². The van der Waals surface area contributed by atoms with Gasteiger partial charge in [0.15, 0.2) is 0 Å². The lowest BCUT2D eigenvalue weighted by molar-refractivity contribution is 0.600. The highest BCUT2D eigenvalue weighted by atomic mass is 32.2. The van der Waals surface area contributed by atoms with Gasteiger partial charge in [0.2, 0.25) is 0 Å². The number of H-pyrrole nitrogens is 1. The molecule has 0 aliphatic heterocycles. The van der Waals surface area contributed by atoms with Crippen LogP contribution in [0.25, 0.3) is 0 Å². The van der Waals surface area contributed by atoms with Crippen LogP contribution in [0.15, 0.2) is 29.4 Å². The van der Waals surface area contributed by atoms with Gasteiger partial charge in [0.25, 0.3) is 10.0 Å².